The van der Waals surface area contributed by atoms with Gasteiger partial charge in [-0.3, -0.25) is 0 Å². The SMILES string of the molecule is CC(C)Cc1nc2c(-c3ccsc3-c3cccc4oc(CC(C)C)nc34)cccc2o1. The quantitative estimate of drug-likeness (QED) is 0.276. The van der Waals surface area contributed by atoms with Gasteiger partial charge in [-0.25, -0.2) is 9.97 Å². The maximum absolute atomic E-state index is 6.04. The molecule has 31 heavy (non-hydrogen) atoms. The van der Waals surface area contributed by atoms with Crippen molar-refractivity contribution in [1.29, 1.82) is 0 Å². The smallest absolute Gasteiger partial charge is 0.195 e. The lowest BCUT2D eigenvalue weighted by atomic mass is 10.0. The van der Waals surface area contributed by atoms with E-state index in [0.29, 0.717) is 11.8 Å². The van der Waals surface area contributed by atoms with Crippen LogP contribution in [0.15, 0.2) is 56.7 Å². The maximum atomic E-state index is 6.04. The van der Waals surface area contributed by atoms with Gasteiger partial charge in [0, 0.05) is 34.4 Å². The Bertz CT molecular complexity index is 1250. The van der Waals surface area contributed by atoms with E-state index in [0.717, 1.165) is 63.5 Å². The van der Waals surface area contributed by atoms with E-state index in [9.17, 15) is 0 Å². The lowest BCUT2D eigenvalue weighted by Gasteiger charge is -2.05. The Hall–Kier alpha value is -2.92. The van der Waals surface area contributed by atoms with Crippen LogP contribution < -0.4 is 0 Å². The fourth-order valence-corrected chi connectivity index (χ4v) is 4.93. The van der Waals surface area contributed by atoms with E-state index in [1.807, 2.05) is 24.3 Å². The number of thiophene rings is 1. The Morgan fingerprint density at radius 1 is 0.710 bits per heavy atom. The number of nitrogens with zero attached hydrogens (tertiary/aromatic N) is 2. The molecular weight excluding hydrogens is 404 g/mol. The molecule has 0 aliphatic carbocycles. The van der Waals surface area contributed by atoms with Crippen LogP contribution in [0.5, 0.6) is 0 Å². The Labute approximate surface area is 185 Å². The molecule has 0 spiro atoms. The van der Waals surface area contributed by atoms with Gasteiger partial charge in [0.15, 0.2) is 22.9 Å². The minimum Gasteiger partial charge on any atom is -0.441 e. The van der Waals surface area contributed by atoms with Gasteiger partial charge in [-0.1, -0.05) is 52.0 Å². The van der Waals surface area contributed by atoms with Crippen LogP contribution in [-0.4, -0.2) is 9.97 Å². The molecule has 0 fully saturated rings. The number of benzene rings is 2. The van der Waals surface area contributed by atoms with Gasteiger partial charge in [0.25, 0.3) is 0 Å². The van der Waals surface area contributed by atoms with Crippen LogP contribution in [0.3, 0.4) is 0 Å². The summed E-state index contributed by atoms with van der Waals surface area (Å²) in [4.78, 5) is 10.9. The van der Waals surface area contributed by atoms with Crippen LogP contribution in [0.1, 0.15) is 39.5 Å². The zero-order valence-corrected chi connectivity index (χ0v) is 19.1. The molecule has 0 radical (unpaired) electrons. The summed E-state index contributed by atoms with van der Waals surface area (Å²) in [5.74, 6) is 2.59. The third-order valence-corrected chi connectivity index (χ3v) is 6.24. The highest BCUT2D eigenvalue weighted by Crippen LogP contribution is 2.42. The van der Waals surface area contributed by atoms with Gasteiger partial charge >= 0.3 is 0 Å². The monoisotopic (exact) mass is 430 g/mol. The van der Waals surface area contributed by atoms with Gasteiger partial charge in [0.1, 0.15) is 11.0 Å². The maximum Gasteiger partial charge on any atom is 0.195 e. The number of hydrogen-bond donors (Lipinski definition) is 0. The van der Waals surface area contributed by atoms with Crippen molar-refractivity contribution >= 4 is 33.5 Å². The lowest BCUT2D eigenvalue weighted by molar-refractivity contribution is 0.482. The number of hydrogen-bond acceptors (Lipinski definition) is 5. The van der Waals surface area contributed by atoms with Crippen LogP contribution in [0, 0.1) is 11.8 Å². The van der Waals surface area contributed by atoms with E-state index in [1.165, 1.54) is 4.88 Å². The Balaban J connectivity index is 1.64. The van der Waals surface area contributed by atoms with Gasteiger partial charge in [-0.05, 0) is 35.4 Å². The second-order valence-electron chi connectivity index (χ2n) is 8.88. The fourth-order valence-electron chi connectivity index (χ4n) is 3.99. The van der Waals surface area contributed by atoms with E-state index >= 15 is 0 Å². The van der Waals surface area contributed by atoms with Gasteiger partial charge in [-0.2, -0.15) is 0 Å². The highest BCUT2D eigenvalue weighted by molar-refractivity contribution is 7.14. The Morgan fingerprint density at radius 3 is 1.84 bits per heavy atom. The first-order valence-electron chi connectivity index (χ1n) is 10.8. The third kappa shape index (κ3) is 3.79. The van der Waals surface area contributed by atoms with E-state index in [1.54, 1.807) is 11.3 Å². The molecule has 5 rings (SSSR count). The molecule has 3 aromatic heterocycles. The Kier molecular flexibility index (Phi) is 5.14. The fraction of sp³-hybridized carbons (Fsp3) is 0.308. The normalized spacial score (nSPS) is 12.1. The van der Waals surface area contributed by atoms with Gasteiger partial charge in [-0.15, -0.1) is 11.3 Å². The van der Waals surface area contributed by atoms with Crippen molar-refractivity contribution in [3.05, 3.63) is 59.6 Å². The molecule has 4 nitrogen and oxygen atoms in total. The summed E-state index contributed by atoms with van der Waals surface area (Å²) in [6, 6.07) is 14.5. The molecule has 5 heteroatoms. The molecule has 0 amide bonds. The molecule has 5 aromatic rings. The first kappa shape index (κ1) is 20.0. The molecule has 0 N–H and O–H groups in total. The zero-order valence-electron chi connectivity index (χ0n) is 18.3. The lowest BCUT2D eigenvalue weighted by Crippen LogP contribution is -1.93. The van der Waals surface area contributed by atoms with E-state index in [-0.39, 0.29) is 0 Å². The summed E-state index contributed by atoms with van der Waals surface area (Å²) in [7, 11) is 0. The summed E-state index contributed by atoms with van der Waals surface area (Å²) in [5, 5.41) is 2.13. The van der Waals surface area contributed by atoms with Crippen molar-refractivity contribution in [2.75, 3.05) is 0 Å². The molecule has 0 unspecified atom stereocenters. The molecule has 0 bridgehead atoms. The molecule has 0 aliphatic heterocycles. The van der Waals surface area contributed by atoms with Crippen LogP contribution in [-0.2, 0) is 12.8 Å². The van der Waals surface area contributed by atoms with Gasteiger partial charge in [0.05, 0.1) is 0 Å². The molecule has 0 aliphatic rings. The largest absolute Gasteiger partial charge is 0.441 e. The van der Waals surface area contributed by atoms with Crippen molar-refractivity contribution in [2.24, 2.45) is 11.8 Å². The van der Waals surface area contributed by atoms with Crippen LogP contribution in [0.4, 0.5) is 0 Å². The number of fused-ring (bicyclic) bond motifs is 2. The molecule has 158 valence electrons. The number of oxazole rings is 2. The first-order chi connectivity index (χ1) is 15.0. The average molecular weight is 431 g/mol. The molecule has 0 atom stereocenters. The second kappa shape index (κ2) is 7.97. The van der Waals surface area contributed by atoms with Gasteiger partial charge in [0.2, 0.25) is 0 Å². The summed E-state index contributed by atoms with van der Waals surface area (Å²) < 4.78 is 12.1. The highest BCUT2D eigenvalue weighted by Gasteiger charge is 2.19. The first-order valence-corrected chi connectivity index (χ1v) is 11.7. The molecular formula is C26H26N2O2S. The summed E-state index contributed by atoms with van der Waals surface area (Å²) in [6.45, 7) is 8.72. The molecule has 2 aromatic carbocycles. The zero-order chi connectivity index (χ0) is 21.5. The summed E-state index contributed by atoms with van der Waals surface area (Å²) >= 11 is 1.72. The number of rotatable bonds is 6. The molecule has 0 saturated heterocycles. The topological polar surface area (TPSA) is 52.1 Å². The standard InChI is InChI=1S/C26H26N2O2S/c1-15(2)13-22-27-24-17(7-5-9-20(24)29-22)18-11-12-31-26(18)19-8-6-10-21-25(19)28-23(30-21)14-16(3)4/h5-12,15-16H,13-14H2,1-4H3. The highest BCUT2D eigenvalue weighted by atomic mass is 32.1. The number of aromatic nitrogens is 2. The second-order valence-corrected chi connectivity index (χ2v) is 9.80. The predicted molar refractivity (Wildman–Crippen MR) is 127 cm³/mol. The van der Waals surface area contributed by atoms with Crippen LogP contribution in [0.2, 0.25) is 0 Å². The van der Waals surface area contributed by atoms with E-state index in [2.05, 4.69) is 51.3 Å². The van der Waals surface area contributed by atoms with E-state index in [4.69, 9.17) is 18.8 Å². The van der Waals surface area contributed by atoms with Crippen molar-refractivity contribution < 1.29 is 8.83 Å². The Morgan fingerprint density at radius 2 is 1.26 bits per heavy atom. The minimum absolute atomic E-state index is 0.498. The number of para-hydroxylation sites is 2. The molecule has 0 saturated carbocycles. The van der Waals surface area contributed by atoms with Crippen LogP contribution >= 0.6 is 11.3 Å². The van der Waals surface area contributed by atoms with Crippen molar-refractivity contribution in [2.45, 2.75) is 40.5 Å². The summed E-state index contributed by atoms with van der Waals surface area (Å²) in [6.07, 6.45) is 1.67. The van der Waals surface area contributed by atoms with Crippen molar-refractivity contribution in [1.82, 2.24) is 9.97 Å². The van der Waals surface area contributed by atoms with Gasteiger partial charge < -0.3 is 8.83 Å². The summed E-state index contributed by atoms with van der Waals surface area (Å²) in [5.41, 5.74) is 6.87. The van der Waals surface area contributed by atoms with Crippen molar-refractivity contribution in [3.63, 3.8) is 0 Å². The van der Waals surface area contributed by atoms with E-state index < -0.39 is 0 Å². The van der Waals surface area contributed by atoms with Crippen molar-refractivity contribution in [3.8, 4) is 21.6 Å². The predicted octanol–water partition coefficient (Wildman–Crippen LogP) is 7.76. The minimum atomic E-state index is 0.498. The average Bonchev–Trinajstić information content (AvgIpc) is 3.43. The third-order valence-electron chi connectivity index (χ3n) is 5.29. The molecule has 3 heterocycles. The van der Waals surface area contributed by atoms with Crippen LogP contribution in [0.25, 0.3) is 43.8 Å².